The fourth-order valence-corrected chi connectivity index (χ4v) is 2.78. The van der Waals surface area contributed by atoms with Gasteiger partial charge in [0, 0.05) is 18.2 Å². The SMILES string of the molecule is CC(=O)Nc1cccc(C(=O)/C=C/c2csc(Br)c2)c1. The van der Waals surface area contributed by atoms with Crippen LogP contribution in [0.2, 0.25) is 0 Å². The summed E-state index contributed by atoms with van der Waals surface area (Å²) in [6.07, 6.45) is 3.30. The maximum Gasteiger partial charge on any atom is 0.221 e. The first-order chi connectivity index (χ1) is 9.54. The van der Waals surface area contributed by atoms with Crippen molar-refractivity contribution in [3.8, 4) is 0 Å². The summed E-state index contributed by atoms with van der Waals surface area (Å²) in [6.45, 7) is 1.43. The van der Waals surface area contributed by atoms with Gasteiger partial charge in [-0.2, -0.15) is 0 Å². The van der Waals surface area contributed by atoms with E-state index in [1.54, 1.807) is 41.7 Å². The Hall–Kier alpha value is -1.72. The van der Waals surface area contributed by atoms with Gasteiger partial charge < -0.3 is 5.32 Å². The van der Waals surface area contributed by atoms with Crippen LogP contribution in [0.25, 0.3) is 6.08 Å². The van der Waals surface area contributed by atoms with Gasteiger partial charge in [0.15, 0.2) is 5.78 Å². The second kappa shape index (κ2) is 6.63. The van der Waals surface area contributed by atoms with Gasteiger partial charge in [0.25, 0.3) is 0 Å². The summed E-state index contributed by atoms with van der Waals surface area (Å²) in [5.74, 6) is -0.257. The molecule has 3 nitrogen and oxygen atoms in total. The number of amides is 1. The molecule has 0 aliphatic rings. The van der Waals surface area contributed by atoms with Crippen molar-refractivity contribution in [1.29, 1.82) is 0 Å². The molecule has 0 fully saturated rings. The molecule has 0 radical (unpaired) electrons. The number of hydrogen-bond acceptors (Lipinski definition) is 3. The van der Waals surface area contributed by atoms with Crippen molar-refractivity contribution >= 4 is 50.7 Å². The molecule has 0 aliphatic carbocycles. The van der Waals surface area contributed by atoms with Crippen LogP contribution in [-0.2, 0) is 4.79 Å². The van der Waals surface area contributed by atoms with E-state index in [1.807, 2.05) is 11.4 Å². The Morgan fingerprint density at radius 2 is 2.10 bits per heavy atom. The quantitative estimate of drug-likeness (QED) is 0.658. The molecule has 102 valence electrons. The zero-order valence-electron chi connectivity index (χ0n) is 10.7. The Labute approximate surface area is 129 Å². The highest BCUT2D eigenvalue weighted by Crippen LogP contribution is 2.21. The fraction of sp³-hybridized carbons (Fsp3) is 0.0667. The number of hydrogen-bond donors (Lipinski definition) is 1. The van der Waals surface area contributed by atoms with Crippen molar-refractivity contribution < 1.29 is 9.59 Å². The number of rotatable bonds is 4. The topological polar surface area (TPSA) is 46.2 Å². The second-order valence-corrected chi connectivity index (χ2v) is 6.43. The van der Waals surface area contributed by atoms with Crippen LogP contribution < -0.4 is 5.32 Å². The Morgan fingerprint density at radius 1 is 1.30 bits per heavy atom. The predicted octanol–water partition coefficient (Wildman–Crippen LogP) is 4.37. The summed E-state index contributed by atoms with van der Waals surface area (Å²) in [6, 6.07) is 8.83. The van der Waals surface area contributed by atoms with Gasteiger partial charge in [0.05, 0.1) is 3.79 Å². The number of halogens is 1. The lowest BCUT2D eigenvalue weighted by molar-refractivity contribution is -0.114. The van der Waals surface area contributed by atoms with Crippen LogP contribution in [0.1, 0.15) is 22.8 Å². The third kappa shape index (κ3) is 4.15. The van der Waals surface area contributed by atoms with Crippen LogP contribution in [0.4, 0.5) is 5.69 Å². The number of ketones is 1. The lowest BCUT2D eigenvalue weighted by Crippen LogP contribution is -2.06. The molecule has 0 unspecified atom stereocenters. The molecule has 0 atom stereocenters. The van der Waals surface area contributed by atoms with Crippen LogP contribution in [-0.4, -0.2) is 11.7 Å². The fourth-order valence-electron chi connectivity index (χ4n) is 1.63. The van der Waals surface area contributed by atoms with Gasteiger partial charge in [-0.1, -0.05) is 18.2 Å². The first kappa shape index (κ1) is 14.7. The van der Waals surface area contributed by atoms with Crippen molar-refractivity contribution in [2.75, 3.05) is 5.32 Å². The van der Waals surface area contributed by atoms with Crippen LogP contribution in [0.3, 0.4) is 0 Å². The third-order valence-corrected chi connectivity index (χ3v) is 4.01. The summed E-state index contributed by atoms with van der Waals surface area (Å²) in [5.41, 5.74) is 2.14. The number of nitrogens with one attached hydrogen (secondary N) is 1. The summed E-state index contributed by atoms with van der Waals surface area (Å²) >= 11 is 4.94. The van der Waals surface area contributed by atoms with Crippen LogP contribution in [0, 0.1) is 0 Å². The normalized spacial score (nSPS) is 10.7. The summed E-state index contributed by atoms with van der Waals surface area (Å²) < 4.78 is 1.03. The molecule has 20 heavy (non-hydrogen) atoms. The molecule has 1 aromatic heterocycles. The first-order valence-corrected chi connectivity index (χ1v) is 7.56. The number of carbonyl (C=O) groups is 2. The predicted molar refractivity (Wildman–Crippen MR) is 86.1 cm³/mol. The van der Waals surface area contributed by atoms with Crippen molar-refractivity contribution in [3.63, 3.8) is 0 Å². The highest BCUT2D eigenvalue weighted by molar-refractivity contribution is 9.11. The van der Waals surface area contributed by atoms with E-state index in [2.05, 4.69) is 21.2 Å². The van der Waals surface area contributed by atoms with Crippen molar-refractivity contribution in [1.82, 2.24) is 0 Å². The van der Waals surface area contributed by atoms with E-state index in [4.69, 9.17) is 0 Å². The highest BCUT2D eigenvalue weighted by atomic mass is 79.9. The Bertz CT molecular complexity index is 676. The highest BCUT2D eigenvalue weighted by Gasteiger charge is 2.04. The molecule has 2 aromatic rings. The van der Waals surface area contributed by atoms with Gasteiger partial charge in [0.2, 0.25) is 5.91 Å². The monoisotopic (exact) mass is 349 g/mol. The van der Waals surface area contributed by atoms with Gasteiger partial charge in [-0.3, -0.25) is 9.59 Å². The Balaban J connectivity index is 2.12. The number of thiophene rings is 1. The number of allylic oxidation sites excluding steroid dienone is 1. The molecular weight excluding hydrogens is 338 g/mol. The molecule has 5 heteroatoms. The summed E-state index contributed by atoms with van der Waals surface area (Å²) in [5, 5.41) is 4.62. The molecule has 0 saturated carbocycles. The molecule has 1 N–H and O–H groups in total. The summed E-state index contributed by atoms with van der Waals surface area (Å²) in [7, 11) is 0. The number of carbonyl (C=O) groups excluding carboxylic acids is 2. The van der Waals surface area contributed by atoms with E-state index < -0.39 is 0 Å². The molecule has 0 saturated heterocycles. The minimum absolute atomic E-state index is 0.0977. The van der Waals surface area contributed by atoms with Gasteiger partial charge in [-0.15, -0.1) is 11.3 Å². The maximum absolute atomic E-state index is 12.1. The lowest BCUT2D eigenvalue weighted by atomic mass is 10.1. The summed E-state index contributed by atoms with van der Waals surface area (Å²) in [4.78, 5) is 23.0. The number of benzene rings is 1. The van der Waals surface area contributed by atoms with Crippen molar-refractivity contribution in [2.45, 2.75) is 6.92 Å². The molecule has 0 bridgehead atoms. The molecular formula is C15H12BrNO2S. The maximum atomic E-state index is 12.1. The first-order valence-electron chi connectivity index (χ1n) is 5.89. The number of anilines is 1. The molecule has 1 aromatic carbocycles. The van der Waals surface area contributed by atoms with Crippen LogP contribution in [0.15, 0.2) is 45.6 Å². The largest absolute Gasteiger partial charge is 0.326 e. The second-order valence-electron chi connectivity index (χ2n) is 4.14. The molecule has 1 heterocycles. The zero-order valence-corrected chi connectivity index (χ0v) is 13.1. The average molecular weight is 350 g/mol. The molecule has 1 amide bonds. The van der Waals surface area contributed by atoms with E-state index >= 15 is 0 Å². The van der Waals surface area contributed by atoms with Crippen molar-refractivity contribution in [2.24, 2.45) is 0 Å². The van der Waals surface area contributed by atoms with Crippen LogP contribution >= 0.6 is 27.3 Å². The third-order valence-electron chi connectivity index (χ3n) is 2.48. The Kier molecular flexibility index (Phi) is 4.87. The average Bonchev–Trinajstić information content (AvgIpc) is 2.81. The van der Waals surface area contributed by atoms with E-state index in [-0.39, 0.29) is 11.7 Å². The molecule has 2 rings (SSSR count). The minimum atomic E-state index is -0.159. The van der Waals surface area contributed by atoms with Gasteiger partial charge in [-0.25, -0.2) is 0 Å². The standard InChI is InChI=1S/C15H12BrNO2S/c1-10(18)17-13-4-2-3-12(8-13)14(19)6-5-11-7-15(16)20-9-11/h2-9H,1H3,(H,17,18)/b6-5+. The molecule has 0 spiro atoms. The van der Waals surface area contributed by atoms with E-state index in [0.29, 0.717) is 11.3 Å². The van der Waals surface area contributed by atoms with Gasteiger partial charge in [0.1, 0.15) is 0 Å². The zero-order chi connectivity index (χ0) is 14.5. The minimum Gasteiger partial charge on any atom is -0.326 e. The Morgan fingerprint density at radius 3 is 2.75 bits per heavy atom. The van der Waals surface area contributed by atoms with E-state index in [9.17, 15) is 9.59 Å². The van der Waals surface area contributed by atoms with Gasteiger partial charge >= 0.3 is 0 Å². The smallest absolute Gasteiger partial charge is 0.221 e. The van der Waals surface area contributed by atoms with Gasteiger partial charge in [-0.05, 0) is 51.1 Å². The molecule has 0 aliphatic heterocycles. The van der Waals surface area contributed by atoms with E-state index in [1.165, 1.54) is 13.0 Å². The lowest BCUT2D eigenvalue weighted by Gasteiger charge is -2.03. The van der Waals surface area contributed by atoms with E-state index in [0.717, 1.165) is 9.35 Å². The van der Waals surface area contributed by atoms with Crippen LogP contribution in [0.5, 0.6) is 0 Å². The van der Waals surface area contributed by atoms with Crippen molar-refractivity contribution in [3.05, 3.63) is 56.7 Å².